The number of nitrogens with zero attached hydrogens (tertiary/aromatic N) is 1. The molecule has 2 aromatic carbocycles. The minimum absolute atomic E-state index is 0.392. The van der Waals surface area contributed by atoms with Crippen LogP contribution in [0.2, 0.25) is 0 Å². The van der Waals surface area contributed by atoms with E-state index in [1.165, 1.54) is 23.6 Å². The van der Waals surface area contributed by atoms with E-state index in [0.29, 0.717) is 0 Å². The Labute approximate surface area is 121 Å². The van der Waals surface area contributed by atoms with Crippen LogP contribution in [-0.4, -0.2) is 29.6 Å². The first kappa shape index (κ1) is 13.6. The largest absolute Gasteiger partial charge is 0.387 e. The molecule has 1 aliphatic heterocycles. The Morgan fingerprint density at radius 3 is 2.80 bits per heavy atom. The summed E-state index contributed by atoms with van der Waals surface area (Å²) in [4.78, 5) is 2.40. The number of hydrogen-bond donors (Lipinski definition) is 1. The monoisotopic (exact) mass is 269 g/mol. The highest BCUT2D eigenvalue weighted by Crippen LogP contribution is 2.27. The van der Waals surface area contributed by atoms with E-state index in [1.54, 1.807) is 0 Å². The van der Waals surface area contributed by atoms with Gasteiger partial charge in [-0.1, -0.05) is 55.8 Å². The van der Waals surface area contributed by atoms with Crippen molar-refractivity contribution in [2.75, 3.05) is 19.6 Å². The van der Waals surface area contributed by atoms with E-state index in [0.717, 1.165) is 31.1 Å². The molecule has 1 aliphatic rings. The van der Waals surface area contributed by atoms with E-state index < -0.39 is 6.10 Å². The van der Waals surface area contributed by atoms with Crippen LogP contribution in [0.1, 0.15) is 31.4 Å². The molecule has 0 aliphatic carbocycles. The Balaban J connectivity index is 1.77. The number of benzene rings is 2. The van der Waals surface area contributed by atoms with Gasteiger partial charge >= 0.3 is 0 Å². The molecule has 2 unspecified atom stereocenters. The molecule has 0 saturated carbocycles. The van der Waals surface area contributed by atoms with E-state index in [4.69, 9.17) is 0 Å². The van der Waals surface area contributed by atoms with Crippen LogP contribution in [0.15, 0.2) is 42.5 Å². The molecule has 1 saturated heterocycles. The number of aliphatic hydroxyl groups excluding tert-OH is 1. The number of aliphatic hydroxyl groups is 1. The van der Waals surface area contributed by atoms with Crippen molar-refractivity contribution in [2.45, 2.75) is 25.9 Å². The van der Waals surface area contributed by atoms with Gasteiger partial charge in [0.25, 0.3) is 0 Å². The quantitative estimate of drug-likeness (QED) is 0.916. The molecule has 106 valence electrons. The number of likely N-dealkylation sites (tertiary alicyclic amines) is 1. The van der Waals surface area contributed by atoms with Gasteiger partial charge in [-0.15, -0.1) is 0 Å². The first-order valence-corrected chi connectivity index (χ1v) is 7.66. The summed E-state index contributed by atoms with van der Waals surface area (Å²) in [5.41, 5.74) is 1.06. The minimum atomic E-state index is -0.392. The van der Waals surface area contributed by atoms with Crippen LogP contribution >= 0.6 is 0 Å². The fourth-order valence-corrected chi connectivity index (χ4v) is 3.30. The number of fused-ring (bicyclic) bond motifs is 1. The fraction of sp³-hybridized carbons (Fsp3) is 0.444. The third kappa shape index (κ3) is 2.72. The van der Waals surface area contributed by atoms with Gasteiger partial charge in [0, 0.05) is 13.1 Å². The van der Waals surface area contributed by atoms with Crippen molar-refractivity contribution >= 4 is 10.8 Å². The van der Waals surface area contributed by atoms with E-state index in [2.05, 4.69) is 36.1 Å². The van der Waals surface area contributed by atoms with Gasteiger partial charge in [-0.3, -0.25) is 0 Å². The summed E-state index contributed by atoms with van der Waals surface area (Å²) in [6.45, 7) is 5.28. The third-order valence-electron chi connectivity index (χ3n) is 4.56. The molecule has 2 atom stereocenters. The highest BCUT2D eigenvalue weighted by atomic mass is 16.3. The summed E-state index contributed by atoms with van der Waals surface area (Å²) < 4.78 is 0. The van der Waals surface area contributed by atoms with Crippen LogP contribution in [0.25, 0.3) is 10.8 Å². The normalized spacial score (nSPS) is 21.4. The molecule has 3 rings (SSSR count). The van der Waals surface area contributed by atoms with Crippen molar-refractivity contribution in [3.8, 4) is 0 Å². The van der Waals surface area contributed by atoms with Crippen molar-refractivity contribution in [3.63, 3.8) is 0 Å². The summed E-state index contributed by atoms with van der Waals surface area (Å²) >= 11 is 0. The highest BCUT2D eigenvalue weighted by molar-refractivity contribution is 5.85. The van der Waals surface area contributed by atoms with Gasteiger partial charge in [0.05, 0.1) is 6.10 Å². The second-order valence-corrected chi connectivity index (χ2v) is 5.91. The van der Waals surface area contributed by atoms with Gasteiger partial charge in [-0.25, -0.2) is 0 Å². The first-order chi connectivity index (χ1) is 9.78. The summed E-state index contributed by atoms with van der Waals surface area (Å²) in [7, 11) is 0. The van der Waals surface area contributed by atoms with Crippen molar-refractivity contribution in [1.29, 1.82) is 0 Å². The molecule has 1 fully saturated rings. The maximum atomic E-state index is 10.6. The van der Waals surface area contributed by atoms with Crippen LogP contribution < -0.4 is 0 Å². The molecular formula is C18H23NO. The van der Waals surface area contributed by atoms with E-state index in [1.807, 2.05) is 18.2 Å². The standard InChI is InChI=1S/C18H23NO/c1-2-14-10-11-19(12-14)13-18(20)17-9-5-7-15-6-3-4-8-16(15)17/h3-9,14,18,20H,2,10-13H2,1H3. The Hall–Kier alpha value is -1.38. The van der Waals surface area contributed by atoms with Crippen LogP contribution in [0.3, 0.4) is 0 Å². The number of rotatable bonds is 4. The SMILES string of the molecule is CCC1CCN(CC(O)c2cccc3ccccc23)C1. The maximum absolute atomic E-state index is 10.6. The molecule has 2 aromatic rings. The van der Waals surface area contributed by atoms with Crippen molar-refractivity contribution < 1.29 is 5.11 Å². The van der Waals surface area contributed by atoms with Crippen molar-refractivity contribution in [3.05, 3.63) is 48.0 Å². The van der Waals surface area contributed by atoms with Crippen LogP contribution in [0.4, 0.5) is 0 Å². The minimum Gasteiger partial charge on any atom is -0.387 e. The van der Waals surface area contributed by atoms with E-state index in [9.17, 15) is 5.11 Å². The van der Waals surface area contributed by atoms with E-state index >= 15 is 0 Å². The molecule has 2 nitrogen and oxygen atoms in total. The molecule has 1 heterocycles. The molecule has 0 radical (unpaired) electrons. The Morgan fingerprint density at radius 2 is 2.00 bits per heavy atom. The molecule has 0 amide bonds. The Morgan fingerprint density at radius 1 is 1.20 bits per heavy atom. The Kier molecular flexibility index (Phi) is 4.04. The molecule has 0 aromatic heterocycles. The van der Waals surface area contributed by atoms with Crippen molar-refractivity contribution in [2.24, 2.45) is 5.92 Å². The fourth-order valence-electron chi connectivity index (χ4n) is 3.30. The highest BCUT2D eigenvalue weighted by Gasteiger charge is 2.23. The molecule has 0 bridgehead atoms. The zero-order valence-electron chi connectivity index (χ0n) is 12.1. The number of hydrogen-bond acceptors (Lipinski definition) is 2. The lowest BCUT2D eigenvalue weighted by Crippen LogP contribution is -2.26. The molecule has 20 heavy (non-hydrogen) atoms. The third-order valence-corrected chi connectivity index (χ3v) is 4.56. The lowest BCUT2D eigenvalue weighted by Gasteiger charge is -2.21. The predicted molar refractivity (Wildman–Crippen MR) is 83.7 cm³/mol. The van der Waals surface area contributed by atoms with Crippen LogP contribution in [0, 0.1) is 5.92 Å². The second-order valence-electron chi connectivity index (χ2n) is 5.91. The summed E-state index contributed by atoms with van der Waals surface area (Å²) in [6.07, 6.45) is 2.14. The van der Waals surface area contributed by atoms with Gasteiger partial charge in [-0.05, 0) is 35.2 Å². The maximum Gasteiger partial charge on any atom is 0.0922 e. The molecule has 1 N–H and O–H groups in total. The second kappa shape index (κ2) is 5.94. The first-order valence-electron chi connectivity index (χ1n) is 7.66. The lowest BCUT2D eigenvalue weighted by molar-refractivity contribution is 0.125. The molecular weight excluding hydrogens is 246 g/mol. The van der Waals surface area contributed by atoms with Gasteiger partial charge in [0.1, 0.15) is 0 Å². The van der Waals surface area contributed by atoms with Crippen molar-refractivity contribution in [1.82, 2.24) is 4.90 Å². The Bertz CT molecular complexity index is 575. The van der Waals surface area contributed by atoms with Gasteiger partial charge in [0.2, 0.25) is 0 Å². The molecule has 0 spiro atoms. The molecule has 2 heteroatoms. The van der Waals surface area contributed by atoms with Crippen LogP contribution in [-0.2, 0) is 0 Å². The summed E-state index contributed by atoms with van der Waals surface area (Å²) in [5.74, 6) is 0.815. The van der Waals surface area contributed by atoms with Crippen LogP contribution in [0.5, 0.6) is 0 Å². The van der Waals surface area contributed by atoms with Gasteiger partial charge in [-0.2, -0.15) is 0 Å². The number of β-amino-alcohol motifs (C(OH)–C–C–N with tert-alkyl or cyclic N) is 1. The summed E-state index contributed by atoms with van der Waals surface area (Å²) in [6, 6.07) is 14.5. The smallest absolute Gasteiger partial charge is 0.0922 e. The summed E-state index contributed by atoms with van der Waals surface area (Å²) in [5, 5.41) is 13.0. The van der Waals surface area contributed by atoms with E-state index in [-0.39, 0.29) is 0 Å². The zero-order valence-corrected chi connectivity index (χ0v) is 12.1. The zero-order chi connectivity index (χ0) is 13.9. The van der Waals surface area contributed by atoms with Gasteiger partial charge < -0.3 is 10.0 Å². The topological polar surface area (TPSA) is 23.5 Å². The van der Waals surface area contributed by atoms with Gasteiger partial charge in [0.15, 0.2) is 0 Å². The lowest BCUT2D eigenvalue weighted by atomic mass is 10.00. The average molecular weight is 269 g/mol. The average Bonchev–Trinajstić information content (AvgIpc) is 2.94. The predicted octanol–water partition coefficient (Wildman–Crippen LogP) is 3.61.